The van der Waals surface area contributed by atoms with E-state index in [2.05, 4.69) is 26.5 Å². The van der Waals surface area contributed by atoms with Crippen molar-refractivity contribution >= 4 is 29.8 Å². The molecule has 0 spiro atoms. The highest BCUT2D eigenvalue weighted by atomic mass is 16.4. The average Bonchev–Trinajstić information content (AvgIpc) is 2.59. The topological polar surface area (TPSA) is 227 Å². The zero-order valence-corrected chi connectivity index (χ0v) is 18.0. The molecule has 0 aliphatic carbocycles. The van der Waals surface area contributed by atoms with Crippen molar-refractivity contribution in [1.82, 2.24) is 0 Å². The van der Waals surface area contributed by atoms with E-state index >= 15 is 0 Å². The van der Waals surface area contributed by atoms with E-state index in [1.54, 1.807) is 13.0 Å². The smallest absolute Gasteiger partial charge is 0.336 e. The van der Waals surface area contributed by atoms with E-state index in [4.69, 9.17) is 30.6 Å². The highest BCUT2D eigenvalue weighted by Crippen LogP contribution is 2.16. The van der Waals surface area contributed by atoms with Gasteiger partial charge in [-0.15, -0.1) is 6.58 Å². The number of aliphatic hydroxyl groups is 2. The standard InChI is InChI=1S/C10H18O.C6H8O7.C4H4O4/c1-5-10(4,11)8-6-7-9(2)3;7-3(8)1-6(13,5(11)12)2-4(9)10;5-3(6)1-2-4(7)8/h5,7,11H,1,6,8H2,2-4H3;13H,1-2H2,(H,7,8)(H,9,10)(H,11,12);1-2H,(H,5,6)(H,7,8)/b;;2-1-. The van der Waals surface area contributed by atoms with Crippen molar-refractivity contribution < 1.29 is 59.7 Å². The number of carbonyl (C=O) groups is 5. The van der Waals surface area contributed by atoms with Crippen molar-refractivity contribution in [3.8, 4) is 0 Å². The van der Waals surface area contributed by atoms with Gasteiger partial charge in [0.25, 0.3) is 0 Å². The Hall–Kier alpha value is -3.51. The Morgan fingerprint density at radius 2 is 1.19 bits per heavy atom. The van der Waals surface area contributed by atoms with Crippen molar-refractivity contribution in [3.05, 3.63) is 36.5 Å². The van der Waals surface area contributed by atoms with Gasteiger partial charge in [0, 0.05) is 12.2 Å². The van der Waals surface area contributed by atoms with Crippen molar-refractivity contribution in [1.29, 1.82) is 0 Å². The van der Waals surface area contributed by atoms with Gasteiger partial charge in [-0.05, 0) is 33.6 Å². The van der Waals surface area contributed by atoms with Crippen molar-refractivity contribution in [2.75, 3.05) is 0 Å². The molecule has 12 nitrogen and oxygen atoms in total. The summed E-state index contributed by atoms with van der Waals surface area (Å²) in [7, 11) is 0. The Balaban J connectivity index is -0.000000406. The maximum Gasteiger partial charge on any atom is 0.336 e. The Morgan fingerprint density at radius 3 is 1.41 bits per heavy atom. The summed E-state index contributed by atoms with van der Waals surface area (Å²) in [6, 6.07) is 0. The van der Waals surface area contributed by atoms with Crippen molar-refractivity contribution in [2.24, 2.45) is 0 Å². The van der Waals surface area contributed by atoms with Crippen LogP contribution < -0.4 is 0 Å². The molecule has 0 bridgehead atoms. The van der Waals surface area contributed by atoms with Gasteiger partial charge in [-0.1, -0.05) is 17.7 Å². The molecule has 0 aliphatic rings. The normalized spacial score (nSPS) is 12.0. The molecule has 0 aliphatic heterocycles. The highest BCUT2D eigenvalue weighted by molar-refractivity contribution is 5.89. The number of hydrogen-bond acceptors (Lipinski definition) is 7. The zero-order valence-electron chi connectivity index (χ0n) is 18.0. The lowest BCUT2D eigenvalue weighted by Gasteiger charge is -2.18. The first-order valence-corrected chi connectivity index (χ1v) is 8.91. The van der Waals surface area contributed by atoms with Crippen LogP contribution in [0.2, 0.25) is 0 Å². The minimum atomic E-state index is -2.74. The SMILES string of the molecule is C=CC(C)(O)CCC=C(C)C.O=C(O)/C=C\C(=O)O.O=C(O)CC(O)(CC(=O)O)C(=O)O. The summed E-state index contributed by atoms with van der Waals surface area (Å²) < 4.78 is 0. The van der Waals surface area contributed by atoms with Crippen LogP contribution in [0.5, 0.6) is 0 Å². The molecule has 32 heavy (non-hydrogen) atoms. The van der Waals surface area contributed by atoms with Crippen LogP contribution in [0.3, 0.4) is 0 Å². The van der Waals surface area contributed by atoms with Gasteiger partial charge in [0.05, 0.1) is 18.4 Å². The first-order chi connectivity index (χ1) is 14.4. The summed E-state index contributed by atoms with van der Waals surface area (Å²) in [6.45, 7) is 9.45. The highest BCUT2D eigenvalue weighted by Gasteiger charge is 2.40. The molecule has 0 heterocycles. The van der Waals surface area contributed by atoms with Crippen LogP contribution in [-0.2, 0) is 24.0 Å². The first-order valence-electron chi connectivity index (χ1n) is 8.91. The Kier molecular flexibility index (Phi) is 16.8. The summed E-state index contributed by atoms with van der Waals surface area (Å²) in [5.41, 5.74) is -2.14. The van der Waals surface area contributed by atoms with E-state index in [0.717, 1.165) is 12.8 Å². The van der Waals surface area contributed by atoms with Gasteiger partial charge in [0.2, 0.25) is 0 Å². The molecule has 0 aromatic carbocycles. The Labute approximate surface area is 184 Å². The minimum absolute atomic E-state index is 0.558. The lowest BCUT2D eigenvalue weighted by Crippen LogP contribution is -2.42. The molecular formula is C20H30O12. The second kappa shape index (κ2) is 16.2. The molecule has 0 aromatic rings. The monoisotopic (exact) mass is 462 g/mol. The van der Waals surface area contributed by atoms with E-state index in [1.807, 2.05) is 0 Å². The van der Waals surface area contributed by atoms with Crippen LogP contribution >= 0.6 is 0 Å². The molecule has 1 unspecified atom stereocenters. The molecule has 0 amide bonds. The van der Waals surface area contributed by atoms with Crippen LogP contribution in [0.1, 0.15) is 46.5 Å². The third-order valence-electron chi connectivity index (χ3n) is 3.30. The van der Waals surface area contributed by atoms with Gasteiger partial charge in [0.1, 0.15) is 0 Å². The average molecular weight is 462 g/mol. The van der Waals surface area contributed by atoms with E-state index in [0.29, 0.717) is 12.2 Å². The van der Waals surface area contributed by atoms with Gasteiger partial charge in [-0.2, -0.15) is 0 Å². The fraction of sp³-hybridized carbons (Fsp3) is 0.450. The van der Waals surface area contributed by atoms with E-state index in [1.165, 1.54) is 5.57 Å². The lowest BCUT2D eigenvalue weighted by molar-refractivity contribution is -0.170. The second-order valence-electron chi connectivity index (χ2n) is 6.87. The van der Waals surface area contributed by atoms with Crippen LogP contribution in [0.25, 0.3) is 0 Å². The predicted molar refractivity (Wildman–Crippen MR) is 111 cm³/mol. The minimum Gasteiger partial charge on any atom is -0.481 e. The van der Waals surface area contributed by atoms with Gasteiger partial charge >= 0.3 is 29.8 Å². The van der Waals surface area contributed by atoms with E-state index in [9.17, 15) is 29.1 Å². The quantitative estimate of drug-likeness (QED) is 0.169. The van der Waals surface area contributed by atoms with Crippen molar-refractivity contribution in [2.45, 2.75) is 57.7 Å². The first kappa shape index (κ1) is 33.1. The molecule has 0 aromatic heterocycles. The molecule has 182 valence electrons. The van der Waals surface area contributed by atoms with Gasteiger partial charge < -0.3 is 35.7 Å². The Bertz CT molecular complexity index is 695. The molecule has 0 fully saturated rings. The number of carboxylic acid groups (broad SMARTS) is 5. The third kappa shape index (κ3) is 22.8. The molecule has 12 heteroatoms. The van der Waals surface area contributed by atoms with Crippen LogP contribution in [-0.4, -0.2) is 76.8 Å². The molecule has 0 rings (SSSR count). The number of carboxylic acids is 5. The van der Waals surface area contributed by atoms with E-state index < -0.39 is 53.9 Å². The predicted octanol–water partition coefficient (Wildman–Crippen LogP) is 1.13. The molecule has 1 atom stereocenters. The van der Waals surface area contributed by atoms with Crippen LogP contribution in [0.4, 0.5) is 0 Å². The summed E-state index contributed by atoms with van der Waals surface area (Å²) in [5, 5.41) is 58.9. The van der Waals surface area contributed by atoms with Crippen LogP contribution in [0, 0.1) is 0 Å². The lowest BCUT2D eigenvalue weighted by atomic mass is 9.96. The van der Waals surface area contributed by atoms with Crippen molar-refractivity contribution in [3.63, 3.8) is 0 Å². The second-order valence-corrected chi connectivity index (χ2v) is 6.87. The summed E-state index contributed by atoms with van der Waals surface area (Å²) >= 11 is 0. The number of allylic oxidation sites excluding steroid dienone is 2. The zero-order chi connectivity index (χ0) is 26.1. The maximum absolute atomic E-state index is 10.3. The fourth-order valence-corrected chi connectivity index (χ4v) is 1.61. The number of hydrogen-bond donors (Lipinski definition) is 7. The number of rotatable bonds is 11. The summed E-state index contributed by atoms with van der Waals surface area (Å²) in [6.07, 6.45) is 4.21. The number of aliphatic carboxylic acids is 5. The molecule has 0 saturated heterocycles. The van der Waals surface area contributed by atoms with Gasteiger partial charge in [-0.3, -0.25) is 9.59 Å². The fourth-order valence-electron chi connectivity index (χ4n) is 1.61. The Morgan fingerprint density at radius 1 is 0.812 bits per heavy atom. The van der Waals surface area contributed by atoms with Crippen LogP contribution in [0.15, 0.2) is 36.5 Å². The summed E-state index contributed by atoms with van der Waals surface area (Å²) in [4.78, 5) is 49.6. The van der Waals surface area contributed by atoms with Gasteiger partial charge in [-0.25, -0.2) is 14.4 Å². The van der Waals surface area contributed by atoms with Gasteiger partial charge in [0.15, 0.2) is 5.60 Å². The summed E-state index contributed by atoms with van der Waals surface area (Å²) in [5.74, 6) is -7.53. The maximum atomic E-state index is 10.3. The third-order valence-corrected chi connectivity index (χ3v) is 3.30. The van der Waals surface area contributed by atoms with E-state index in [-0.39, 0.29) is 0 Å². The largest absolute Gasteiger partial charge is 0.481 e. The molecule has 0 radical (unpaired) electrons. The molecular weight excluding hydrogens is 432 g/mol. The molecule has 0 saturated carbocycles. The molecule has 7 N–H and O–H groups in total.